The molecule has 0 fully saturated rings. The van der Waals surface area contributed by atoms with Crippen molar-refractivity contribution in [2.24, 2.45) is 0 Å². The molecule has 1 atom stereocenters. The van der Waals surface area contributed by atoms with Crippen molar-refractivity contribution in [2.45, 2.75) is 10.3 Å². The van der Waals surface area contributed by atoms with E-state index in [2.05, 4.69) is 4.98 Å². The molecule has 30 heavy (non-hydrogen) atoms. The maximum Gasteiger partial charge on any atom is 0.340 e. The van der Waals surface area contributed by atoms with Crippen LogP contribution in [0.2, 0.25) is 0 Å². The number of nitrogens with one attached hydrogen (secondary N) is 1. The lowest BCUT2D eigenvalue weighted by Gasteiger charge is -2.20. The van der Waals surface area contributed by atoms with Gasteiger partial charge in [-0.2, -0.15) is 0 Å². The predicted octanol–water partition coefficient (Wildman–Crippen LogP) is 4.51. The lowest BCUT2D eigenvalue weighted by Crippen LogP contribution is -2.19. The molecular weight excluding hydrogens is 402 g/mol. The zero-order valence-corrected chi connectivity index (χ0v) is 16.9. The number of fused-ring (bicyclic) bond motifs is 1. The first-order valence-electron chi connectivity index (χ1n) is 9.20. The Bertz CT molecular complexity index is 1280. The van der Waals surface area contributed by atoms with Crippen LogP contribution in [0.1, 0.15) is 21.4 Å². The van der Waals surface area contributed by atoms with E-state index < -0.39 is 21.2 Å². The number of hydrogen-bond donors (Lipinski definition) is 1. The highest BCUT2D eigenvalue weighted by molar-refractivity contribution is 7.91. The van der Waals surface area contributed by atoms with Crippen molar-refractivity contribution in [3.05, 3.63) is 96.2 Å². The van der Waals surface area contributed by atoms with Crippen molar-refractivity contribution in [1.82, 2.24) is 4.98 Å². The van der Waals surface area contributed by atoms with Crippen molar-refractivity contribution in [1.29, 1.82) is 0 Å². The Kier molecular flexibility index (Phi) is 5.29. The lowest BCUT2D eigenvalue weighted by atomic mass is 10.1. The average Bonchev–Trinajstić information content (AvgIpc) is 3.21. The molecule has 1 aromatic heterocycles. The summed E-state index contributed by atoms with van der Waals surface area (Å²) in [5, 5.41) is 0.663. The molecule has 0 aliphatic rings. The van der Waals surface area contributed by atoms with E-state index in [0.717, 1.165) is 0 Å². The zero-order chi connectivity index (χ0) is 21.1. The summed E-state index contributed by atoms with van der Waals surface area (Å²) in [6.07, 6.45) is 1.55. The number of benzene rings is 3. The quantitative estimate of drug-likeness (QED) is 0.463. The summed E-state index contributed by atoms with van der Waals surface area (Å²) in [6, 6.07) is 22.0. The number of H-pyrrole nitrogens is 1. The van der Waals surface area contributed by atoms with E-state index in [9.17, 15) is 13.2 Å². The highest BCUT2D eigenvalue weighted by Gasteiger charge is 2.31. The number of esters is 1. The summed E-state index contributed by atoms with van der Waals surface area (Å²) in [7, 11) is -2.51. The first-order valence-corrected chi connectivity index (χ1v) is 10.8. The Hall–Kier alpha value is -3.58. The topological polar surface area (TPSA) is 85.5 Å². The van der Waals surface area contributed by atoms with Crippen LogP contribution in [0.5, 0.6) is 5.75 Å². The third-order valence-electron chi connectivity index (χ3n) is 4.73. The smallest absolute Gasteiger partial charge is 0.340 e. The van der Waals surface area contributed by atoms with Gasteiger partial charge in [-0.15, -0.1) is 0 Å². The van der Waals surface area contributed by atoms with Gasteiger partial charge in [-0.1, -0.05) is 48.5 Å². The standard InChI is InChI=1S/C23H19NO5S/c1-28-22(25)20-15-24-21-14-17(12-13-19(20)21)29-23(16-8-4-2-5-9-16)30(26,27)18-10-6-3-7-11-18/h2-15,23-24H,1H3. The third-order valence-corrected chi connectivity index (χ3v) is 6.59. The van der Waals surface area contributed by atoms with Gasteiger partial charge in [-0.3, -0.25) is 0 Å². The van der Waals surface area contributed by atoms with Crippen LogP contribution in [0, 0.1) is 0 Å². The van der Waals surface area contributed by atoms with Gasteiger partial charge in [0.15, 0.2) is 0 Å². The molecule has 0 saturated heterocycles. The summed E-state index contributed by atoms with van der Waals surface area (Å²) < 4.78 is 37.5. The number of methoxy groups -OCH3 is 1. The summed E-state index contributed by atoms with van der Waals surface area (Å²) in [5.41, 5.74) is 0.323. The Labute approximate surface area is 174 Å². The van der Waals surface area contributed by atoms with Crippen LogP contribution in [0.3, 0.4) is 0 Å². The maximum atomic E-state index is 13.3. The molecule has 0 radical (unpaired) electrons. The van der Waals surface area contributed by atoms with Crippen LogP contribution in [-0.4, -0.2) is 26.5 Å². The van der Waals surface area contributed by atoms with Gasteiger partial charge in [0.2, 0.25) is 15.3 Å². The minimum atomic E-state index is -3.82. The lowest BCUT2D eigenvalue weighted by molar-refractivity contribution is 0.0603. The van der Waals surface area contributed by atoms with Crippen molar-refractivity contribution in [3.63, 3.8) is 0 Å². The Morgan fingerprint density at radius 3 is 2.27 bits per heavy atom. The van der Waals surface area contributed by atoms with Crippen LogP contribution in [-0.2, 0) is 14.6 Å². The molecule has 0 aliphatic heterocycles. The highest BCUT2D eigenvalue weighted by Crippen LogP contribution is 2.33. The number of carbonyl (C=O) groups excluding carboxylic acids is 1. The molecule has 1 unspecified atom stereocenters. The zero-order valence-electron chi connectivity index (χ0n) is 16.1. The van der Waals surface area contributed by atoms with Crippen molar-refractivity contribution < 1.29 is 22.7 Å². The Balaban J connectivity index is 1.75. The highest BCUT2D eigenvalue weighted by atomic mass is 32.2. The van der Waals surface area contributed by atoms with Gasteiger partial charge >= 0.3 is 5.97 Å². The molecule has 0 bridgehead atoms. The van der Waals surface area contributed by atoms with Crippen LogP contribution in [0.4, 0.5) is 0 Å². The number of sulfone groups is 1. The molecule has 0 amide bonds. The number of ether oxygens (including phenoxy) is 2. The normalized spacial score (nSPS) is 12.4. The fourth-order valence-electron chi connectivity index (χ4n) is 3.24. The number of aromatic amines is 1. The van der Waals surface area contributed by atoms with Gasteiger partial charge < -0.3 is 14.5 Å². The molecular formula is C23H19NO5S. The molecule has 1 N–H and O–H groups in total. The van der Waals surface area contributed by atoms with Gasteiger partial charge in [0.25, 0.3) is 0 Å². The first kappa shape index (κ1) is 19.7. The molecule has 6 nitrogen and oxygen atoms in total. The summed E-state index contributed by atoms with van der Waals surface area (Å²) >= 11 is 0. The van der Waals surface area contributed by atoms with Crippen LogP contribution in [0.25, 0.3) is 10.9 Å². The molecule has 0 aliphatic carbocycles. The fourth-order valence-corrected chi connectivity index (χ4v) is 4.77. The van der Waals surface area contributed by atoms with Crippen molar-refractivity contribution in [3.8, 4) is 5.75 Å². The second-order valence-electron chi connectivity index (χ2n) is 6.62. The number of aromatic nitrogens is 1. The van der Waals surface area contributed by atoms with Crippen LogP contribution >= 0.6 is 0 Å². The van der Waals surface area contributed by atoms with Crippen molar-refractivity contribution in [2.75, 3.05) is 7.11 Å². The SMILES string of the molecule is COC(=O)c1c[nH]c2cc(OC(c3ccccc3)S(=O)(=O)c3ccccc3)ccc12. The van der Waals surface area contributed by atoms with Gasteiger partial charge in [0.05, 0.1) is 17.6 Å². The van der Waals surface area contributed by atoms with Gasteiger partial charge in [0.1, 0.15) is 5.75 Å². The summed E-state index contributed by atoms with van der Waals surface area (Å²) in [5.74, 6) is -0.0992. The Morgan fingerprint density at radius 2 is 1.60 bits per heavy atom. The molecule has 0 spiro atoms. The molecule has 1 heterocycles. The molecule has 7 heteroatoms. The fraction of sp³-hybridized carbons (Fsp3) is 0.0870. The largest absolute Gasteiger partial charge is 0.469 e. The minimum Gasteiger partial charge on any atom is -0.469 e. The number of hydrogen-bond acceptors (Lipinski definition) is 5. The van der Waals surface area contributed by atoms with Gasteiger partial charge in [-0.05, 0) is 24.3 Å². The number of carbonyl (C=O) groups is 1. The van der Waals surface area contributed by atoms with Gasteiger partial charge in [0, 0.05) is 28.7 Å². The molecule has 4 aromatic rings. The van der Waals surface area contributed by atoms with E-state index in [1.807, 2.05) is 6.07 Å². The first-order chi connectivity index (χ1) is 14.5. The van der Waals surface area contributed by atoms with E-state index in [4.69, 9.17) is 9.47 Å². The van der Waals surface area contributed by atoms with E-state index >= 15 is 0 Å². The van der Waals surface area contributed by atoms with Crippen molar-refractivity contribution >= 4 is 26.7 Å². The summed E-state index contributed by atoms with van der Waals surface area (Å²) in [4.78, 5) is 15.0. The second-order valence-corrected chi connectivity index (χ2v) is 8.61. The summed E-state index contributed by atoms with van der Waals surface area (Å²) in [6.45, 7) is 0. The monoisotopic (exact) mass is 421 g/mol. The molecule has 3 aromatic carbocycles. The van der Waals surface area contributed by atoms with Gasteiger partial charge in [-0.25, -0.2) is 13.2 Å². The number of rotatable bonds is 6. The second kappa shape index (κ2) is 8.04. The van der Waals surface area contributed by atoms with E-state index in [1.54, 1.807) is 79.0 Å². The predicted molar refractivity (Wildman–Crippen MR) is 113 cm³/mol. The van der Waals surface area contributed by atoms with E-state index in [0.29, 0.717) is 27.8 Å². The molecule has 0 saturated carbocycles. The van der Waals surface area contributed by atoms with Crippen LogP contribution < -0.4 is 4.74 Å². The average molecular weight is 421 g/mol. The van der Waals surface area contributed by atoms with E-state index in [-0.39, 0.29) is 4.90 Å². The molecule has 152 valence electrons. The minimum absolute atomic E-state index is 0.174. The van der Waals surface area contributed by atoms with E-state index in [1.165, 1.54) is 7.11 Å². The molecule has 4 rings (SSSR count). The Morgan fingerprint density at radius 1 is 0.933 bits per heavy atom. The third kappa shape index (κ3) is 3.67. The van der Waals surface area contributed by atoms with Crippen LogP contribution in [0.15, 0.2) is 90.0 Å². The maximum absolute atomic E-state index is 13.3.